The molecule has 102 valence electrons. The Balaban J connectivity index is 1.63. The van der Waals surface area contributed by atoms with Crippen LogP contribution < -0.4 is 5.32 Å². The Bertz CT molecular complexity index is 361. The second kappa shape index (κ2) is 5.89. The van der Waals surface area contributed by atoms with E-state index in [0.717, 1.165) is 31.4 Å². The van der Waals surface area contributed by atoms with Gasteiger partial charge in [-0.2, -0.15) is 0 Å². The van der Waals surface area contributed by atoms with E-state index in [1.54, 1.807) is 0 Å². The lowest BCUT2D eigenvalue weighted by atomic mass is 9.93. The summed E-state index contributed by atoms with van der Waals surface area (Å²) in [6.45, 7) is 8.97. The topological polar surface area (TPSA) is 34.4 Å². The van der Waals surface area contributed by atoms with Gasteiger partial charge in [0, 0.05) is 24.8 Å². The molecule has 1 aromatic rings. The molecule has 3 nitrogen and oxygen atoms in total. The fourth-order valence-corrected chi connectivity index (χ4v) is 1.70. The van der Waals surface area contributed by atoms with Crippen LogP contribution in [-0.2, 0) is 17.9 Å². The number of nitrogens with one attached hydrogen (secondary N) is 1. The van der Waals surface area contributed by atoms with Gasteiger partial charge >= 0.3 is 0 Å². The molecule has 1 aliphatic carbocycles. The largest absolute Gasteiger partial charge is 0.467 e. The molecule has 0 bridgehead atoms. The Morgan fingerprint density at radius 2 is 2.17 bits per heavy atom. The molecule has 0 atom stereocenters. The summed E-state index contributed by atoms with van der Waals surface area (Å²) in [4.78, 5) is 0. The van der Waals surface area contributed by atoms with Crippen LogP contribution in [-0.4, -0.2) is 12.6 Å². The van der Waals surface area contributed by atoms with Crippen molar-refractivity contribution in [3.05, 3.63) is 23.7 Å². The lowest BCUT2D eigenvalue weighted by Gasteiger charge is -2.17. The molecular formula is C15H25NO2. The summed E-state index contributed by atoms with van der Waals surface area (Å²) >= 11 is 0. The third-order valence-corrected chi connectivity index (χ3v) is 3.12. The number of hydrogen-bond acceptors (Lipinski definition) is 3. The maximum Gasteiger partial charge on any atom is 0.129 e. The molecule has 0 unspecified atom stereocenters. The van der Waals surface area contributed by atoms with Crippen LogP contribution in [0.25, 0.3) is 0 Å². The molecule has 1 fully saturated rings. The Kier molecular flexibility index (Phi) is 4.46. The fourth-order valence-electron chi connectivity index (χ4n) is 1.70. The number of rotatable bonds is 7. The summed E-state index contributed by atoms with van der Waals surface area (Å²) < 4.78 is 11.1. The van der Waals surface area contributed by atoms with E-state index in [-0.39, 0.29) is 0 Å². The first-order valence-electron chi connectivity index (χ1n) is 6.90. The third kappa shape index (κ3) is 5.23. The van der Waals surface area contributed by atoms with Gasteiger partial charge in [-0.3, -0.25) is 0 Å². The highest BCUT2D eigenvalue weighted by Crippen LogP contribution is 2.20. The molecule has 1 N–H and O–H groups in total. The van der Waals surface area contributed by atoms with Crippen LogP contribution in [0.1, 0.15) is 51.4 Å². The zero-order chi connectivity index (χ0) is 13.0. The fraction of sp³-hybridized carbons (Fsp3) is 0.733. The standard InChI is InChI=1S/C15H25NO2/c1-15(2,3)6-7-17-11-14-8-12(10-18-14)9-16-13-4-5-13/h8,10,13,16H,4-7,9,11H2,1-3H3. The van der Waals surface area contributed by atoms with Crippen LogP contribution in [0.5, 0.6) is 0 Å². The smallest absolute Gasteiger partial charge is 0.129 e. The molecule has 1 saturated carbocycles. The van der Waals surface area contributed by atoms with Crippen LogP contribution in [0, 0.1) is 5.41 Å². The molecule has 0 aromatic carbocycles. The molecule has 0 aliphatic heterocycles. The molecule has 3 heteroatoms. The van der Waals surface area contributed by atoms with E-state index < -0.39 is 0 Å². The number of ether oxygens (including phenoxy) is 1. The quantitative estimate of drug-likeness (QED) is 0.753. The van der Waals surface area contributed by atoms with Crippen LogP contribution in [0.3, 0.4) is 0 Å². The normalized spacial score (nSPS) is 16.2. The highest BCUT2D eigenvalue weighted by molar-refractivity contribution is 5.12. The Labute approximate surface area is 110 Å². The summed E-state index contributed by atoms with van der Waals surface area (Å²) in [5.74, 6) is 0.927. The predicted octanol–water partition coefficient (Wildman–Crippen LogP) is 3.48. The zero-order valence-electron chi connectivity index (χ0n) is 11.8. The van der Waals surface area contributed by atoms with Crippen molar-refractivity contribution in [2.75, 3.05) is 6.61 Å². The molecular weight excluding hydrogens is 226 g/mol. The average Bonchev–Trinajstić information content (AvgIpc) is 3.00. The van der Waals surface area contributed by atoms with E-state index in [0.29, 0.717) is 12.0 Å². The Hall–Kier alpha value is -0.800. The van der Waals surface area contributed by atoms with Crippen molar-refractivity contribution < 1.29 is 9.15 Å². The maximum absolute atomic E-state index is 5.63. The van der Waals surface area contributed by atoms with E-state index in [9.17, 15) is 0 Å². The first-order valence-corrected chi connectivity index (χ1v) is 6.90. The van der Waals surface area contributed by atoms with Crippen molar-refractivity contribution in [2.24, 2.45) is 5.41 Å². The SMILES string of the molecule is CC(C)(C)CCOCc1cc(CNC2CC2)co1. The highest BCUT2D eigenvalue weighted by atomic mass is 16.5. The van der Waals surface area contributed by atoms with E-state index in [2.05, 4.69) is 32.2 Å². The number of hydrogen-bond donors (Lipinski definition) is 1. The van der Waals surface area contributed by atoms with E-state index >= 15 is 0 Å². The predicted molar refractivity (Wildman–Crippen MR) is 72.3 cm³/mol. The maximum atomic E-state index is 5.63. The van der Waals surface area contributed by atoms with Crippen molar-refractivity contribution in [1.82, 2.24) is 5.32 Å². The molecule has 0 amide bonds. The van der Waals surface area contributed by atoms with Gasteiger partial charge < -0.3 is 14.5 Å². The minimum Gasteiger partial charge on any atom is -0.467 e. The minimum absolute atomic E-state index is 0.336. The van der Waals surface area contributed by atoms with Crippen molar-refractivity contribution in [3.8, 4) is 0 Å². The molecule has 18 heavy (non-hydrogen) atoms. The molecule has 0 spiro atoms. The van der Waals surface area contributed by atoms with Crippen molar-refractivity contribution in [3.63, 3.8) is 0 Å². The molecule has 0 saturated heterocycles. The third-order valence-electron chi connectivity index (χ3n) is 3.12. The van der Waals surface area contributed by atoms with Gasteiger partial charge in [0.1, 0.15) is 12.4 Å². The minimum atomic E-state index is 0.336. The van der Waals surface area contributed by atoms with Crippen molar-refractivity contribution >= 4 is 0 Å². The monoisotopic (exact) mass is 251 g/mol. The van der Waals surface area contributed by atoms with Gasteiger partial charge in [0.2, 0.25) is 0 Å². The van der Waals surface area contributed by atoms with Crippen LogP contribution in [0.15, 0.2) is 16.7 Å². The van der Waals surface area contributed by atoms with Gasteiger partial charge in [-0.25, -0.2) is 0 Å². The summed E-state index contributed by atoms with van der Waals surface area (Å²) in [6, 6.07) is 2.83. The summed E-state index contributed by atoms with van der Waals surface area (Å²) in [5, 5.41) is 3.47. The van der Waals surface area contributed by atoms with E-state index in [4.69, 9.17) is 9.15 Å². The lowest BCUT2D eigenvalue weighted by Crippen LogP contribution is -2.14. The summed E-state index contributed by atoms with van der Waals surface area (Å²) in [6.07, 6.45) is 5.54. The van der Waals surface area contributed by atoms with Crippen molar-refractivity contribution in [1.29, 1.82) is 0 Å². The Morgan fingerprint density at radius 3 is 2.83 bits per heavy atom. The average molecular weight is 251 g/mol. The van der Waals surface area contributed by atoms with Crippen LogP contribution >= 0.6 is 0 Å². The number of furan rings is 1. The Morgan fingerprint density at radius 1 is 1.39 bits per heavy atom. The molecule has 1 heterocycles. The summed E-state index contributed by atoms with van der Waals surface area (Å²) in [5.41, 5.74) is 1.55. The molecule has 1 aromatic heterocycles. The van der Waals surface area contributed by atoms with Gasteiger partial charge in [0.25, 0.3) is 0 Å². The summed E-state index contributed by atoms with van der Waals surface area (Å²) in [7, 11) is 0. The second-order valence-electron chi connectivity index (χ2n) is 6.44. The zero-order valence-corrected chi connectivity index (χ0v) is 11.8. The van der Waals surface area contributed by atoms with Gasteiger partial charge in [0.05, 0.1) is 6.26 Å². The van der Waals surface area contributed by atoms with Gasteiger partial charge in [-0.15, -0.1) is 0 Å². The van der Waals surface area contributed by atoms with Gasteiger partial charge in [-0.1, -0.05) is 20.8 Å². The highest BCUT2D eigenvalue weighted by Gasteiger charge is 2.20. The lowest BCUT2D eigenvalue weighted by molar-refractivity contribution is 0.0844. The molecule has 1 aliphatic rings. The molecule has 0 radical (unpaired) electrons. The van der Waals surface area contributed by atoms with Crippen LogP contribution in [0.4, 0.5) is 0 Å². The van der Waals surface area contributed by atoms with Gasteiger partial charge in [0.15, 0.2) is 0 Å². The molecule has 2 rings (SSSR count). The second-order valence-corrected chi connectivity index (χ2v) is 6.44. The first-order chi connectivity index (χ1) is 8.53. The van der Waals surface area contributed by atoms with E-state index in [1.165, 1.54) is 18.4 Å². The van der Waals surface area contributed by atoms with E-state index in [1.807, 2.05) is 6.26 Å². The van der Waals surface area contributed by atoms with Gasteiger partial charge in [-0.05, 0) is 30.7 Å². The van der Waals surface area contributed by atoms with Crippen LogP contribution in [0.2, 0.25) is 0 Å². The first kappa shape index (κ1) is 13.6. The van der Waals surface area contributed by atoms with Crippen molar-refractivity contribution in [2.45, 2.75) is 59.2 Å².